The summed E-state index contributed by atoms with van der Waals surface area (Å²) in [6, 6.07) is 9.54. The van der Waals surface area contributed by atoms with Crippen molar-refractivity contribution < 1.29 is 50.5 Å². The van der Waals surface area contributed by atoms with Crippen LogP contribution in [-0.2, 0) is 4.79 Å². The number of benzene rings is 3. The van der Waals surface area contributed by atoms with Crippen LogP contribution in [0.1, 0.15) is 28.4 Å². The second-order valence-corrected chi connectivity index (χ2v) is 7.72. The summed E-state index contributed by atoms with van der Waals surface area (Å²) in [5, 5.41) is 0. The van der Waals surface area contributed by atoms with E-state index in [2.05, 4.69) is 4.74 Å². The number of esters is 1. The van der Waals surface area contributed by atoms with Crippen LogP contribution < -0.4 is 18.9 Å². The first-order valence-corrected chi connectivity index (χ1v) is 10.8. The topological polar surface area (TPSA) is 71.1 Å². The minimum atomic E-state index is -2.36. The lowest BCUT2D eigenvalue weighted by Gasteiger charge is -2.11. The zero-order valence-corrected chi connectivity index (χ0v) is 19.3. The fourth-order valence-electron chi connectivity index (χ4n) is 3.52. The van der Waals surface area contributed by atoms with Crippen LogP contribution in [0.5, 0.6) is 23.0 Å². The van der Waals surface area contributed by atoms with Gasteiger partial charge in [-0.2, -0.15) is 8.78 Å². The molecule has 0 amide bonds. The van der Waals surface area contributed by atoms with Crippen molar-refractivity contribution in [1.29, 1.82) is 0 Å². The number of hydrogen-bond acceptors (Lipinski definition) is 6. The summed E-state index contributed by atoms with van der Waals surface area (Å²) in [5.74, 6) is -13.8. The lowest BCUT2D eigenvalue weighted by atomic mass is 10.0. The number of allylic oxidation sites excluding steroid dienone is 1. The molecular weight excluding hydrogens is 503 g/mol. The molecule has 0 bridgehead atoms. The van der Waals surface area contributed by atoms with Gasteiger partial charge in [0.2, 0.25) is 34.9 Å². The predicted octanol–water partition coefficient (Wildman–Crippen LogP) is 5.69. The van der Waals surface area contributed by atoms with Crippen LogP contribution in [0.15, 0.2) is 42.2 Å². The van der Waals surface area contributed by atoms with E-state index in [0.717, 1.165) is 0 Å². The molecule has 0 spiro atoms. The molecule has 1 aliphatic rings. The molecule has 1 heterocycles. The van der Waals surface area contributed by atoms with Crippen molar-refractivity contribution >= 4 is 17.8 Å². The third kappa shape index (κ3) is 5.11. The zero-order valence-electron chi connectivity index (χ0n) is 19.3. The van der Waals surface area contributed by atoms with Crippen molar-refractivity contribution in [2.24, 2.45) is 0 Å². The molecule has 3 aromatic rings. The zero-order chi connectivity index (χ0) is 26.9. The molecule has 11 heteroatoms. The SMILES string of the molecule is CCOc1ccc(/C=C2\Oc3cc(OC(=O)COc4c(F)c(F)c(F)c(F)c4F)cc(C)c3C2=O)cc1. The van der Waals surface area contributed by atoms with E-state index >= 15 is 0 Å². The molecule has 192 valence electrons. The highest BCUT2D eigenvalue weighted by Crippen LogP contribution is 2.38. The molecule has 0 N–H and O–H groups in total. The number of ketones is 1. The van der Waals surface area contributed by atoms with Gasteiger partial charge in [-0.05, 0) is 49.2 Å². The summed E-state index contributed by atoms with van der Waals surface area (Å²) in [6.07, 6.45) is 1.53. The maximum Gasteiger partial charge on any atom is 0.349 e. The van der Waals surface area contributed by atoms with Gasteiger partial charge >= 0.3 is 5.97 Å². The number of halogens is 5. The number of Topliss-reactive ketones (excluding diaryl/α,β-unsaturated/α-hetero) is 1. The van der Waals surface area contributed by atoms with Crippen LogP contribution in [-0.4, -0.2) is 25.0 Å². The Bertz CT molecular complexity index is 1400. The van der Waals surface area contributed by atoms with Crippen LogP contribution in [0.25, 0.3) is 6.08 Å². The number of ether oxygens (including phenoxy) is 4. The van der Waals surface area contributed by atoms with E-state index in [4.69, 9.17) is 14.2 Å². The maximum atomic E-state index is 13.7. The van der Waals surface area contributed by atoms with Crippen LogP contribution in [0.3, 0.4) is 0 Å². The van der Waals surface area contributed by atoms with Gasteiger partial charge in [0, 0.05) is 6.07 Å². The Kier molecular flexibility index (Phi) is 7.14. The third-order valence-corrected chi connectivity index (χ3v) is 5.17. The van der Waals surface area contributed by atoms with E-state index in [9.17, 15) is 31.5 Å². The molecule has 0 radical (unpaired) electrons. The standard InChI is InChI=1S/C26H17F5O6/c1-3-34-14-6-4-13(5-7-14)9-17-25(33)19-12(2)8-15(10-16(19)37-17)36-18(32)11-35-26-23(30)21(28)20(27)22(29)24(26)31/h4-10H,3,11H2,1-2H3/b17-9-. The van der Waals surface area contributed by atoms with Gasteiger partial charge in [0.15, 0.2) is 18.1 Å². The van der Waals surface area contributed by atoms with Crippen molar-refractivity contribution in [3.8, 4) is 23.0 Å². The van der Waals surface area contributed by atoms with Crippen LogP contribution in [0.2, 0.25) is 0 Å². The van der Waals surface area contributed by atoms with Crippen LogP contribution in [0, 0.1) is 36.0 Å². The summed E-state index contributed by atoms with van der Waals surface area (Å²) in [6.45, 7) is 2.76. The van der Waals surface area contributed by atoms with Crippen molar-refractivity contribution in [2.45, 2.75) is 13.8 Å². The number of rotatable bonds is 7. The lowest BCUT2D eigenvalue weighted by Crippen LogP contribution is -2.19. The monoisotopic (exact) mass is 520 g/mol. The number of carbonyl (C=O) groups is 2. The van der Waals surface area contributed by atoms with Gasteiger partial charge in [-0.15, -0.1) is 0 Å². The van der Waals surface area contributed by atoms with Crippen LogP contribution in [0.4, 0.5) is 22.0 Å². The summed E-state index contributed by atoms with van der Waals surface area (Å²) in [4.78, 5) is 24.9. The third-order valence-electron chi connectivity index (χ3n) is 5.17. The first-order valence-electron chi connectivity index (χ1n) is 10.8. The fraction of sp³-hybridized carbons (Fsp3) is 0.154. The Morgan fingerprint density at radius 3 is 2.14 bits per heavy atom. The van der Waals surface area contributed by atoms with Gasteiger partial charge in [-0.25, -0.2) is 18.0 Å². The Morgan fingerprint density at radius 1 is 0.892 bits per heavy atom. The minimum Gasteiger partial charge on any atom is -0.494 e. The van der Waals surface area contributed by atoms with E-state index < -0.39 is 53.2 Å². The molecule has 0 aromatic heterocycles. The van der Waals surface area contributed by atoms with E-state index in [0.29, 0.717) is 23.5 Å². The largest absolute Gasteiger partial charge is 0.494 e. The average Bonchev–Trinajstić information content (AvgIpc) is 3.18. The Balaban J connectivity index is 1.47. The van der Waals surface area contributed by atoms with E-state index in [-0.39, 0.29) is 22.8 Å². The highest BCUT2D eigenvalue weighted by atomic mass is 19.2. The second kappa shape index (κ2) is 10.3. The smallest absolute Gasteiger partial charge is 0.349 e. The molecule has 0 aliphatic carbocycles. The van der Waals surface area contributed by atoms with Crippen molar-refractivity contribution in [3.05, 3.63) is 87.9 Å². The van der Waals surface area contributed by atoms with E-state index in [1.54, 1.807) is 31.2 Å². The summed E-state index contributed by atoms with van der Waals surface area (Å²) in [7, 11) is 0. The first kappa shape index (κ1) is 25.7. The molecule has 0 saturated heterocycles. The predicted molar refractivity (Wildman–Crippen MR) is 119 cm³/mol. The summed E-state index contributed by atoms with van der Waals surface area (Å²) >= 11 is 0. The highest BCUT2D eigenvalue weighted by Gasteiger charge is 2.31. The van der Waals surface area contributed by atoms with E-state index in [1.165, 1.54) is 18.2 Å². The van der Waals surface area contributed by atoms with Gasteiger partial charge in [-0.3, -0.25) is 4.79 Å². The quantitative estimate of drug-likeness (QED) is 0.0996. The van der Waals surface area contributed by atoms with Gasteiger partial charge in [0.1, 0.15) is 17.2 Å². The van der Waals surface area contributed by atoms with Crippen molar-refractivity contribution in [1.82, 2.24) is 0 Å². The molecule has 0 fully saturated rings. The Labute approximate surface area is 206 Å². The number of aryl methyl sites for hydroxylation is 1. The molecule has 0 unspecified atom stereocenters. The molecule has 37 heavy (non-hydrogen) atoms. The molecule has 0 saturated carbocycles. The normalized spacial score (nSPS) is 13.4. The van der Waals surface area contributed by atoms with Gasteiger partial charge in [0.05, 0.1) is 12.2 Å². The molecular formula is C26H17F5O6. The second-order valence-electron chi connectivity index (χ2n) is 7.72. The molecule has 1 aliphatic heterocycles. The number of fused-ring (bicyclic) bond motifs is 1. The van der Waals surface area contributed by atoms with Gasteiger partial charge in [0.25, 0.3) is 0 Å². The molecule has 3 aromatic carbocycles. The molecule has 4 rings (SSSR count). The minimum absolute atomic E-state index is 0.0281. The van der Waals surface area contributed by atoms with Gasteiger partial charge < -0.3 is 18.9 Å². The number of carbonyl (C=O) groups excluding carboxylic acids is 2. The van der Waals surface area contributed by atoms with E-state index in [1.807, 2.05) is 6.92 Å². The fourth-order valence-corrected chi connectivity index (χ4v) is 3.52. The Hall–Kier alpha value is -4.41. The maximum absolute atomic E-state index is 13.7. The summed E-state index contributed by atoms with van der Waals surface area (Å²) < 4.78 is 87.7. The highest BCUT2D eigenvalue weighted by molar-refractivity contribution is 6.15. The summed E-state index contributed by atoms with van der Waals surface area (Å²) in [5.41, 5.74) is 1.32. The van der Waals surface area contributed by atoms with Gasteiger partial charge in [-0.1, -0.05) is 12.1 Å². The number of hydrogen-bond donors (Lipinski definition) is 0. The first-order chi connectivity index (χ1) is 17.6. The molecule has 6 nitrogen and oxygen atoms in total. The van der Waals surface area contributed by atoms with Crippen LogP contribution >= 0.6 is 0 Å². The van der Waals surface area contributed by atoms with Crippen molar-refractivity contribution in [2.75, 3.05) is 13.2 Å². The molecule has 0 atom stereocenters. The van der Waals surface area contributed by atoms with Crippen molar-refractivity contribution in [3.63, 3.8) is 0 Å². The average molecular weight is 520 g/mol. The lowest BCUT2D eigenvalue weighted by molar-refractivity contribution is -0.136. The Morgan fingerprint density at radius 2 is 1.51 bits per heavy atom.